The second-order valence-corrected chi connectivity index (χ2v) is 7.42. The number of carbonyl (C=O) groups excluding carboxylic acids is 1. The Morgan fingerprint density at radius 3 is 2.67 bits per heavy atom. The summed E-state index contributed by atoms with van der Waals surface area (Å²) in [7, 11) is 3.18. The van der Waals surface area contributed by atoms with Crippen molar-refractivity contribution in [3.63, 3.8) is 0 Å². The van der Waals surface area contributed by atoms with Crippen molar-refractivity contribution < 1.29 is 23.7 Å². The molecule has 0 unspecified atom stereocenters. The normalized spacial score (nSPS) is 22.6. The summed E-state index contributed by atoms with van der Waals surface area (Å²) in [6.45, 7) is 4.13. The van der Waals surface area contributed by atoms with Crippen molar-refractivity contribution in [2.45, 2.75) is 44.4 Å². The van der Waals surface area contributed by atoms with Gasteiger partial charge in [0, 0.05) is 25.7 Å². The molecule has 30 heavy (non-hydrogen) atoms. The van der Waals surface area contributed by atoms with Gasteiger partial charge in [-0.15, -0.1) is 0 Å². The highest BCUT2D eigenvalue weighted by Crippen LogP contribution is 2.38. The molecule has 3 heterocycles. The van der Waals surface area contributed by atoms with Crippen LogP contribution in [-0.4, -0.2) is 54.7 Å². The SMILES string of the molecule is CCn1nc(C2CCOCC2)nc1[C@H]1OCC(=O)N[C@@H]1c1ccc(OC)c(OC)c1. The highest BCUT2D eigenvalue weighted by atomic mass is 16.5. The molecule has 2 atom stereocenters. The molecule has 2 aliphatic heterocycles. The van der Waals surface area contributed by atoms with Gasteiger partial charge in [-0.05, 0) is 37.5 Å². The van der Waals surface area contributed by atoms with E-state index in [4.69, 9.17) is 29.0 Å². The first-order valence-electron chi connectivity index (χ1n) is 10.3. The minimum atomic E-state index is -0.457. The van der Waals surface area contributed by atoms with Crippen molar-refractivity contribution in [2.75, 3.05) is 34.0 Å². The maximum absolute atomic E-state index is 12.2. The van der Waals surface area contributed by atoms with Crippen LogP contribution in [0.4, 0.5) is 0 Å². The standard InChI is InChI=1S/C21H28N4O5/c1-4-25-21(23-20(24-25)13-7-9-29-10-8-13)19-18(22-17(26)12-30-19)14-5-6-15(27-2)16(11-14)28-3/h5-6,11,13,18-19H,4,7-10,12H2,1-3H3,(H,22,26)/t18-,19+/m1/s1. The lowest BCUT2D eigenvalue weighted by Crippen LogP contribution is -2.42. The van der Waals surface area contributed by atoms with Gasteiger partial charge in [-0.2, -0.15) is 5.10 Å². The van der Waals surface area contributed by atoms with E-state index in [9.17, 15) is 4.79 Å². The third kappa shape index (κ3) is 3.99. The molecular weight excluding hydrogens is 388 g/mol. The van der Waals surface area contributed by atoms with Crippen molar-refractivity contribution in [3.8, 4) is 11.5 Å². The molecule has 9 heteroatoms. The Balaban J connectivity index is 1.69. The minimum Gasteiger partial charge on any atom is -0.493 e. The van der Waals surface area contributed by atoms with Crippen molar-refractivity contribution in [1.82, 2.24) is 20.1 Å². The number of nitrogens with zero attached hydrogens (tertiary/aromatic N) is 3. The number of hydrogen-bond donors (Lipinski definition) is 1. The highest BCUT2D eigenvalue weighted by molar-refractivity contribution is 5.78. The van der Waals surface area contributed by atoms with Crippen LogP contribution in [0.15, 0.2) is 18.2 Å². The van der Waals surface area contributed by atoms with E-state index in [0.717, 1.165) is 43.3 Å². The molecule has 1 amide bonds. The average molecular weight is 416 g/mol. The molecule has 0 radical (unpaired) electrons. The van der Waals surface area contributed by atoms with Gasteiger partial charge >= 0.3 is 0 Å². The van der Waals surface area contributed by atoms with Gasteiger partial charge in [-0.1, -0.05) is 6.07 Å². The average Bonchev–Trinajstić information content (AvgIpc) is 3.23. The number of methoxy groups -OCH3 is 2. The van der Waals surface area contributed by atoms with Crippen LogP contribution in [0.25, 0.3) is 0 Å². The van der Waals surface area contributed by atoms with Crippen LogP contribution in [0.5, 0.6) is 11.5 Å². The first-order chi connectivity index (χ1) is 14.6. The van der Waals surface area contributed by atoms with Crippen LogP contribution >= 0.6 is 0 Å². The van der Waals surface area contributed by atoms with Gasteiger partial charge in [0.15, 0.2) is 23.1 Å². The fourth-order valence-corrected chi connectivity index (χ4v) is 4.02. The Hall–Kier alpha value is -2.65. The van der Waals surface area contributed by atoms with Crippen molar-refractivity contribution >= 4 is 5.91 Å². The van der Waals surface area contributed by atoms with Gasteiger partial charge < -0.3 is 24.3 Å². The first kappa shape index (κ1) is 20.6. The zero-order valence-corrected chi connectivity index (χ0v) is 17.6. The predicted molar refractivity (Wildman–Crippen MR) is 108 cm³/mol. The number of rotatable bonds is 6. The molecule has 2 aliphatic rings. The van der Waals surface area contributed by atoms with E-state index in [-0.39, 0.29) is 18.4 Å². The summed E-state index contributed by atoms with van der Waals surface area (Å²) < 4.78 is 24.1. The molecule has 9 nitrogen and oxygen atoms in total. The minimum absolute atomic E-state index is 0.0162. The van der Waals surface area contributed by atoms with Crippen LogP contribution in [0, 0.1) is 0 Å². The van der Waals surface area contributed by atoms with E-state index >= 15 is 0 Å². The number of carbonyl (C=O) groups is 1. The van der Waals surface area contributed by atoms with Gasteiger partial charge in [0.1, 0.15) is 12.7 Å². The molecule has 162 valence electrons. The molecule has 2 fully saturated rings. The van der Waals surface area contributed by atoms with E-state index in [0.29, 0.717) is 18.0 Å². The molecule has 2 aromatic rings. The number of benzene rings is 1. The van der Waals surface area contributed by atoms with Crippen molar-refractivity contribution in [1.29, 1.82) is 0 Å². The maximum atomic E-state index is 12.2. The molecule has 0 saturated carbocycles. The largest absolute Gasteiger partial charge is 0.493 e. The summed E-state index contributed by atoms with van der Waals surface area (Å²) in [6, 6.07) is 5.17. The third-order valence-corrected chi connectivity index (χ3v) is 5.64. The molecule has 2 saturated heterocycles. The lowest BCUT2D eigenvalue weighted by molar-refractivity contribution is -0.138. The quantitative estimate of drug-likeness (QED) is 0.771. The summed E-state index contributed by atoms with van der Waals surface area (Å²) in [5.74, 6) is 2.87. The second kappa shape index (κ2) is 9.01. The van der Waals surface area contributed by atoms with Gasteiger partial charge in [-0.25, -0.2) is 9.67 Å². The lowest BCUT2D eigenvalue weighted by Gasteiger charge is -2.32. The summed E-state index contributed by atoms with van der Waals surface area (Å²) in [5.41, 5.74) is 0.851. The topological polar surface area (TPSA) is 96.7 Å². The molecule has 0 bridgehead atoms. The Morgan fingerprint density at radius 2 is 1.97 bits per heavy atom. The van der Waals surface area contributed by atoms with E-state index in [1.54, 1.807) is 14.2 Å². The van der Waals surface area contributed by atoms with Crippen LogP contribution in [-0.2, 0) is 20.8 Å². The molecule has 1 aromatic carbocycles. The van der Waals surface area contributed by atoms with Crippen molar-refractivity contribution in [3.05, 3.63) is 35.4 Å². The smallest absolute Gasteiger partial charge is 0.246 e. The number of aryl methyl sites for hydroxylation is 1. The van der Waals surface area contributed by atoms with Crippen molar-refractivity contribution in [2.24, 2.45) is 0 Å². The molecule has 4 rings (SSSR count). The van der Waals surface area contributed by atoms with Crippen LogP contribution in [0.2, 0.25) is 0 Å². The summed E-state index contributed by atoms with van der Waals surface area (Å²) in [6.07, 6.45) is 1.37. The molecule has 1 N–H and O–H groups in total. The number of aromatic nitrogens is 3. The fraction of sp³-hybridized carbons (Fsp3) is 0.571. The zero-order chi connectivity index (χ0) is 21.1. The zero-order valence-electron chi connectivity index (χ0n) is 17.6. The molecular formula is C21H28N4O5. The molecule has 0 spiro atoms. The summed E-state index contributed by atoms with van der Waals surface area (Å²) in [4.78, 5) is 17.0. The number of hydrogen-bond acceptors (Lipinski definition) is 7. The Labute approximate surface area is 175 Å². The Bertz CT molecular complexity index is 894. The third-order valence-electron chi connectivity index (χ3n) is 5.64. The summed E-state index contributed by atoms with van der Waals surface area (Å²) in [5, 5.41) is 7.80. The van der Waals surface area contributed by atoms with Crippen LogP contribution < -0.4 is 14.8 Å². The number of ether oxygens (including phenoxy) is 4. The number of nitrogens with one attached hydrogen (secondary N) is 1. The first-order valence-corrected chi connectivity index (χ1v) is 10.3. The highest BCUT2D eigenvalue weighted by Gasteiger charge is 2.37. The van der Waals surface area contributed by atoms with Gasteiger partial charge in [0.2, 0.25) is 5.91 Å². The van der Waals surface area contributed by atoms with Crippen LogP contribution in [0.3, 0.4) is 0 Å². The lowest BCUT2D eigenvalue weighted by atomic mass is 9.98. The number of amides is 1. The van der Waals surface area contributed by atoms with E-state index in [1.807, 2.05) is 29.8 Å². The Kier molecular flexibility index (Phi) is 6.19. The maximum Gasteiger partial charge on any atom is 0.246 e. The fourth-order valence-electron chi connectivity index (χ4n) is 4.02. The molecule has 1 aromatic heterocycles. The van der Waals surface area contributed by atoms with Gasteiger partial charge in [-0.3, -0.25) is 4.79 Å². The van der Waals surface area contributed by atoms with Gasteiger partial charge in [0.05, 0.1) is 20.3 Å². The predicted octanol–water partition coefficient (Wildman–Crippen LogP) is 2.14. The van der Waals surface area contributed by atoms with E-state index in [2.05, 4.69) is 5.32 Å². The van der Waals surface area contributed by atoms with E-state index < -0.39 is 12.1 Å². The summed E-state index contributed by atoms with van der Waals surface area (Å²) >= 11 is 0. The van der Waals surface area contributed by atoms with Gasteiger partial charge in [0.25, 0.3) is 0 Å². The number of morpholine rings is 1. The second-order valence-electron chi connectivity index (χ2n) is 7.42. The van der Waals surface area contributed by atoms with Crippen LogP contribution in [0.1, 0.15) is 55.0 Å². The Morgan fingerprint density at radius 1 is 1.20 bits per heavy atom. The monoisotopic (exact) mass is 416 g/mol. The van der Waals surface area contributed by atoms with E-state index in [1.165, 1.54) is 0 Å². The molecule has 0 aliphatic carbocycles.